The van der Waals surface area contributed by atoms with E-state index in [1.165, 1.54) is 77.8 Å². The first-order valence-corrected chi connectivity index (χ1v) is 18.7. The zero-order chi connectivity index (χ0) is 35.0. The number of nitrogens with zero attached hydrogens (tertiary/aromatic N) is 2. The third kappa shape index (κ3) is 3.60. The van der Waals surface area contributed by atoms with E-state index in [2.05, 4.69) is 201 Å². The van der Waals surface area contributed by atoms with Crippen molar-refractivity contribution in [1.29, 1.82) is 0 Å². The van der Waals surface area contributed by atoms with Crippen molar-refractivity contribution in [3.63, 3.8) is 0 Å². The highest BCUT2D eigenvalue weighted by molar-refractivity contribution is 6.10. The van der Waals surface area contributed by atoms with Gasteiger partial charge in [0.05, 0.1) is 16.6 Å². The molecule has 3 heterocycles. The summed E-state index contributed by atoms with van der Waals surface area (Å²) >= 11 is 0. The van der Waals surface area contributed by atoms with E-state index < -0.39 is 0 Å². The number of aromatic nitrogens is 1. The highest BCUT2D eigenvalue weighted by Gasteiger charge is 2.62. The van der Waals surface area contributed by atoms with Gasteiger partial charge in [-0.15, -0.1) is 0 Å². The van der Waals surface area contributed by atoms with E-state index in [-0.39, 0.29) is 22.3 Å². The van der Waals surface area contributed by atoms with Crippen molar-refractivity contribution >= 4 is 38.8 Å². The van der Waals surface area contributed by atoms with Gasteiger partial charge in [0.1, 0.15) is 0 Å². The first-order valence-electron chi connectivity index (χ1n) is 18.7. The van der Waals surface area contributed by atoms with Crippen molar-refractivity contribution in [3.05, 3.63) is 192 Å². The molecule has 0 N–H and O–H groups in total. The minimum atomic E-state index is -0.324. The van der Waals surface area contributed by atoms with E-state index in [1.54, 1.807) is 5.57 Å². The Labute approximate surface area is 305 Å². The van der Waals surface area contributed by atoms with Gasteiger partial charge in [-0.05, 0) is 108 Å². The molecule has 250 valence electrons. The Morgan fingerprint density at radius 3 is 2.15 bits per heavy atom. The van der Waals surface area contributed by atoms with E-state index >= 15 is 0 Å². The predicted molar refractivity (Wildman–Crippen MR) is 218 cm³/mol. The van der Waals surface area contributed by atoms with Gasteiger partial charge in [-0.25, -0.2) is 0 Å². The molecule has 4 atom stereocenters. The Morgan fingerprint density at radius 2 is 1.29 bits per heavy atom. The van der Waals surface area contributed by atoms with Crippen molar-refractivity contribution in [2.45, 2.75) is 44.1 Å². The smallest absolute Gasteiger partial charge is 0.0906 e. The lowest BCUT2D eigenvalue weighted by molar-refractivity contribution is 0.457. The van der Waals surface area contributed by atoms with Crippen LogP contribution in [0, 0.1) is 5.92 Å². The Kier molecular flexibility index (Phi) is 5.82. The van der Waals surface area contributed by atoms with Crippen LogP contribution in [0.15, 0.2) is 175 Å². The maximum Gasteiger partial charge on any atom is 0.0906 e. The molecule has 2 aliphatic carbocycles. The van der Waals surface area contributed by atoms with Crippen molar-refractivity contribution in [3.8, 4) is 16.8 Å². The molecule has 52 heavy (non-hydrogen) atoms. The maximum atomic E-state index is 2.66. The van der Waals surface area contributed by atoms with Crippen LogP contribution in [0.4, 0.5) is 11.4 Å². The summed E-state index contributed by atoms with van der Waals surface area (Å²) in [7, 11) is 0. The molecule has 11 rings (SSSR count). The second-order valence-corrected chi connectivity index (χ2v) is 15.8. The molecule has 0 bridgehead atoms. The molecule has 4 aliphatic rings. The number of benzene rings is 6. The van der Waals surface area contributed by atoms with Gasteiger partial charge in [-0.1, -0.05) is 128 Å². The summed E-state index contributed by atoms with van der Waals surface area (Å²) in [6, 6.07) is 54.1. The van der Waals surface area contributed by atoms with E-state index in [0.717, 1.165) is 0 Å². The molecule has 1 aromatic heterocycles. The van der Waals surface area contributed by atoms with Gasteiger partial charge in [0, 0.05) is 44.2 Å². The fourth-order valence-electron chi connectivity index (χ4n) is 10.8. The van der Waals surface area contributed by atoms with Crippen LogP contribution in [0.25, 0.3) is 44.2 Å². The predicted octanol–water partition coefficient (Wildman–Crippen LogP) is 12.5. The summed E-state index contributed by atoms with van der Waals surface area (Å²) in [6.45, 7) is 9.87. The summed E-state index contributed by atoms with van der Waals surface area (Å²) < 4.78 is 2.45. The molecule has 0 saturated heterocycles. The zero-order valence-electron chi connectivity index (χ0n) is 30.1. The first-order chi connectivity index (χ1) is 25.3. The van der Waals surface area contributed by atoms with Gasteiger partial charge in [0.2, 0.25) is 0 Å². The molecule has 0 spiro atoms. The second-order valence-electron chi connectivity index (χ2n) is 15.8. The van der Waals surface area contributed by atoms with Gasteiger partial charge in [0.25, 0.3) is 0 Å². The first kappa shape index (κ1) is 29.8. The van der Waals surface area contributed by atoms with Crippen molar-refractivity contribution in [1.82, 2.24) is 4.57 Å². The number of para-hydroxylation sites is 3. The third-order valence-electron chi connectivity index (χ3n) is 13.0. The molecule has 2 nitrogen and oxygen atoms in total. The molecule has 7 aromatic rings. The lowest BCUT2D eigenvalue weighted by Gasteiger charge is -2.59. The fraction of sp³-hybridized carbons (Fsp3) is 0.160. The zero-order valence-corrected chi connectivity index (χ0v) is 30.1. The van der Waals surface area contributed by atoms with Crippen LogP contribution < -0.4 is 4.90 Å². The Bertz CT molecular complexity index is 2760. The Morgan fingerprint density at radius 1 is 0.577 bits per heavy atom. The van der Waals surface area contributed by atoms with Crippen LogP contribution in [0.3, 0.4) is 0 Å². The minimum Gasteiger partial charge on any atom is -0.327 e. The van der Waals surface area contributed by atoms with Gasteiger partial charge < -0.3 is 9.47 Å². The molecule has 2 aliphatic heterocycles. The molecule has 0 radical (unpaired) electrons. The van der Waals surface area contributed by atoms with Gasteiger partial charge in [-0.3, -0.25) is 0 Å². The molecular weight excluding hydrogens is 629 g/mol. The van der Waals surface area contributed by atoms with Crippen LogP contribution in [-0.4, -0.2) is 10.1 Å². The molecule has 0 saturated carbocycles. The van der Waals surface area contributed by atoms with Gasteiger partial charge in [-0.2, -0.15) is 0 Å². The van der Waals surface area contributed by atoms with Crippen molar-refractivity contribution in [2.75, 3.05) is 4.90 Å². The van der Waals surface area contributed by atoms with Crippen LogP contribution in [0.2, 0.25) is 0 Å². The van der Waals surface area contributed by atoms with E-state index in [0.29, 0.717) is 0 Å². The lowest BCUT2D eigenvalue weighted by Crippen LogP contribution is -2.57. The monoisotopic (exact) mass is 668 g/mol. The fourth-order valence-corrected chi connectivity index (χ4v) is 10.8. The number of allylic oxidation sites excluding steroid dienone is 4. The molecule has 2 heteroatoms. The van der Waals surface area contributed by atoms with Gasteiger partial charge >= 0.3 is 0 Å². The number of hydrogen-bond donors (Lipinski definition) is 0. The average Bonchev–Trinajstić information content (AvgIpc) is 3.65. The third-order valence-corrected chi connectivity index (χ3v) is 13.0. The van der Waals surface area contributed by atoms with Crippen LogP contribution in [0.1, 0.15) is 44.4 Å². The van der Waals surface area contributed by atoms with E-state index in [1.807, 2.05) is 0 Å². The summed E-state index contributed by atoms with van der Waals surface area (Å²) in [6.07, 6.45) is 7.65. The molecule has 0 fully saturated rings. The number of anilines is 2. The van der Waals surface area contributed by atoms with Crippen LogP contribution in [0.5, 0.6) is 0 Å². The number of rotatable bonds is 3. The van der Waals surface area contributed by atoms with Crippen LogP contribution >= 0.6 is 0 Å². The molecule has 4 unspecified atom stereocenters. The molecule has 0 amide bonds. The maximum absolute atomic E-state index is 2.66. The van der Waals surface area contributed by atoms with E-state index in [4.69, 9.17) is 0 Å². The SMILES string of the molecule is CC1C=CC2(C)C3=C1C(C)(c1ccc4c(c1)c1ccccc1n4-c1cccc(-c4ccccc4)c1)C=C1c4ccccc4N(c4ccccc42)C13C. The minimum absolute atomic E-state index is 0.226. The Hall–Kier alpha value is -5.86. The summed E-state index contributed by atoms with van der Waals surface area (Å²) in [4.78, 5) is 2.66. The van der Waals surface area contributed by atoms with Crippen LogP contribution in [-0.2, 0) is 10.8 Å². The number of fused-ring (bicyclic) bond motifs is 9. The Balaban J connectivity index is 1.18. The quantitative estimate of drug-likeness (QED) is 0.170. The topological polar surface area (TPSA) is 8.17 Å². The summed E-state index contributed by atoms with van der Waals surface area (Å²) in [5.74, 6) is 0.288. The highest BCUT2D eigenvalue weighted by atomic mass is 15.3. The average molecular weight is 669 g/mol. The lowest BCUT2D eigenvalue weighted by atomic mass is 9.51. The summed E-state index contributed by atoms with van der Waals surface area (Å²) in [5.41, 5.74) is 16.5. The normalized spacial score (nSPS) is 25.3. The standard InChI is InChI=1S/C50H40N2/c1-32-27-28-48(2)40-21-10-13-24-45(40)52-44-23-12-9-20-38(44)41-31-49(3,46(32)47(48)50(41,52)4)35-25-26-43-39(30-35)37-19-8-11-22-42(37)51(43)36-18-14-17-34(29-36)33-15-6-5-7-16-33/h5-32H,1-4H3. The van der Waals surface area contributed by atoms with Gasteiger partial charge in [0.15, 0.2) is 0 Å². The molecule has 6 aromatic carbocycles. The van der Waals surface area contributed by atoms with Crippen molar-refractivity contribution in [2.24, 2.45) is 5.92 Å². The second kappa shape index (κ2) is 10.1. The largest absolute Gasteiger partial charge is 0.327 e. The highest BCUT2D eigenvalue weighted by Crippen LogP contribution is 2.69. The number of hydrogen-bond acceptors (Lipinski definition) is 1. The summed E-state index contributed by atoms with van der Waals surface area (Å²) in [5, 5.41) is 2.57. The molecular formula is C50H40N2. The van der Waals surface area contributed by atoms with Crippen molar-refractivity contribution < 1.29 is 0 Å². The van der Waals surface area contributed by atoms with E-state index in [9.17, 15) is 0 Å².